The van der Waals surface area contributed by atoms with Crippen LogP contribution < -0.4 is 10.9 Å². The zero-order chi connectivity index (χ0) is 21.5. The van der Waals surface area contributed by atoms with Crippen LogP contribution in [0.4, 0.5) is 29.2 Å². The molecule has 0 radical (unpaired) electrons. The first-order valence-electron chi connectivity index (χ1n) is 8.37. The van der Waals surface area contributed by atoms with Crippen molar-refractivity contribution < 1.29 is 17.6 Å². The van der Waals surface area contributed by atoms with Crippen LogP contribution in [-0.2, 0) is 6.18 Å². The molecule has 30 heavy (non-hydrogen) atoms. The number of fused-ring (bicyclic) bond motifs is 1. The van der Waals surface area contributed by atoms with Crippen LogP contribution in [0.2, 0.25) is 0 Å². The monoisotopic (exact) mass is 414 g/mol. The van der Waals surface area contributed by atoms with Gasteiger partial charge in [0.2, 0.25) is 0 Å². The molecule has 1 aromatic carbocycles. The molecule has 0 saturated carbocycles. The van der Waals surface area contributed by atoms with Crippen LogP contribution in [-0.4, -0.2) is 19.7 Å². The summed E-state index contributed by atoms with van der Waals surface area (Å²) in [6.45, 7) is 0. The lowest BCUT2D eigenvalue weighted by Gasteiger charge is -2.12. The molecule has 0 aliphatic heterocycles. The number of alkyl halides is 3. The second-order valence-electron chi connectivity index (χ2n) is 6.19. The summed E-state index contributed by atoms with van der Waals surface area (Å²) in [5.41, 5.74) is -1.95. The molecule has 3 heterocycles. The molecule has 0 bridgehead atoms. The third-order valence-electron chi connectivity index (χ3n) is 4.25. The average molecular weight is 414 g/mol. The first-order chi connectivity index (χ1) is 14.3. The number of anilines is 2. The minimum Gasteiger partial charge on any atom is -0.325 e. The largest absolute Gasteiger partial charge is 0.417 e. The van der Waals surface area contributed by atoms with Gasteiger partial charge in [-0.2, -0.15) is 18.4 Å². The van der Waals surface area contributed by atoms with Gasteiger partial charge in [0.1, 0.15) is 17.5 Å². The minimum atomic E-state index is -4.74. The maximum atomic E-state index is 13.3. The maximum Gasteiger partial charge on any atom is 0.417 e. The number of H-pyrrole nitrogens is 1. The Bertz CT molecular complexity index is 1350. The Balaban J connectivity index is 1.83. The van der Waals surface area contributed by atoms with E-state index in [1.54, 1.807) is 0 Å². The number of benzene rings is 1. The maximum absolute atomic E-state index is 13.3. The van der Waals surface area contributed by atoms with E-state index in [-0.39, 0.29) is 28.2 Å². The molecule has 7 nitrogen and oxygen atoms in total. The molecule has 0 amide bonds. The van der Waals surface area contributed by atoms with Crippen LogP contribution in [0.15, 0.2) is 53.6 Å². The highest BCUT2D eigenvalue weighted by Gasteiger charge is 2.34. The first-order valence-corrected chi connectivity index (χ1v) is 8.37. The number of nitriles is 1. The summed E-state index contributed by atoms with van der Waals surface area (Å²) in [6.07, 6.45) is -2.49. The van der Waals surface area contributed by atoms with Gasteiger partial charge in [0.15, 0.2) is 0 Å². The zero-order valence-electron chi connectivity index (χ0n) is 14.8. The van der Waals surface area contributed by atoms with E-state index in [9.17, 15) is 22.4 Å². The van der Waals surface area contributed by atoms with Crippen molar-refractivity contribution in [1.29, 1.82) is 5.26 Å². The van der Waals surface area contributed by atoms with Crippen molar-refractivity contribution in [2.45, 2.75) is 6.18 Å². The molecule has 0 aliphatic rings. The molecule has 150 valence electrons. The van der Waals surface area contributed by atoms with Crippen molar-refractivity contribution in [1.82, 2.24) is 19.7 Å². The Morgan fingerprint density at radius 3 is 2.50 bits per heavy atom. The molecule has 11 heteroatoms. The van der Waals surface area contributed by atoms with Crippen molar-refractivity contribution in [2.75, 3.05) is 5.32 Å². The molecule has 4 rings (SSSR count). The highest BCUT2D eigenvalue weighted by Crippen LogP contribution is 2.33. The Kier molecular flexibility index (Phi) is 4.46. The number of hydrogen-bond donors (Lipinski definition) is 2. The Hall–Kier alpha value is -4.20. The summed E-state index contributed by atoms with van der Waals surface area (Å²) in [6, 6.07) is 8.61. The molecule has 0 saturated heterocycles. The van der Waals surface area contributed by atoms with Crippen molar-refractivity contribution in [3.8, 4) is 11.8 Å². The molecule has 0 spiro atoms. The Morgan fingerprint density at radius 2 is 1.83 bits per heavy atom. The Morgan fingerprint density at radius 1 is 1.07 bits per heavy atom. The highest BCUT2D eigenvalue weighted by molar-refractivity contribution is 5.82. The molecule has 3 aromatic heterocycles. The van der Waals surface area contributed by atoms with Crippen molar-refractivity contribution >= 4 is 22.5 Å². The fourth-order valence-corrected chi connectivity index (χ4v) is 2.88. The number of nitrogens with zero attached hydrogens (tertiary/aromatic N) is 4. The average Bonchev–Trinajstić information content (AvgIpc) is 3.04. The summed E-state index contributed by atoms with van der Waals surface area (Å²) in [5, 5.41) is 14.4. The van der Waals surface area contributed by atoms with Crippen LogP contribution in [0, 0.1) is 17.1 Å². The van der Waals surface area contributed by atoms with Gasteiger partial charge in [0.25, 0.3) is 5.56 Å². The van der Waals surface area contributed by atoms with Crippen molar-refractivity contribution in [3.63, 3.8) is 0 Å². The van der Waals surface area contributed by atoms with E-state index < -0.39 is 28.7 Å². The minimum absolute atomic E-state index is 0.00508. The van der Waals surface area contributed by atoms with Gasteiger partial charge >= 0.3 is 6.18 Å². The highest BCUT2D eigenvalue weighted by atomic mass is 19.4. The van der Waals surface area contributed by atoms with E-state index in [0.29, 0.717) is 0 Å². The number of nitrogens with one attached hydrogen (secondary N) is 2. The zero-order valence-corrected chi connectivity index (χ0v) is 14.8. The van der Waals surface area contributed by atoms with Crippen molar-refractivity contribution in [3.05, 3.63) is 76.1 Å². The first kappa shape index (κ1) is 19.1. The van der Waals surface area contributed by atoms with Gasteiger partial charge in [-0.3, -0.25) is 14.6 Å². The van der Waals surface area contributed by atoms with Crippen molar-refractivity contribution in [2.24, 2.45) is 0 Å². The van der Waals surface area contributed by atoms with E-state index >= 15 is 0 Å². The summed E-state index contributed by atoms with van der Waals surface area (Å²) in [5.74, 6) is -0.00539. The van der Waals surface area contributed by atoms with Gasteiger partial charge in [-0.25, -0.2) is 14.4 Å². The third-order valence-corrected chi connectivity index (χ3v) is 4.25. The van der Waals surface area contributed by atoms with Crippen LogP contribution in [0.25, 0.3) is 16.6 Å². The molecular weight excluding hydrogens is 404 g/mol. The van der Waals surface area contributed by atoms with E-state index in [2.05, 4.69) is 20.4 Å². The summed E-state index contributed by atoms with van der Waals surface area (Å²) < 4.78 is 54.1. The molecule has 0 aliphatic carbocycles. The topological polar surface area (TPSA) is 99.4 Å². The molecule has 4 aromatic rings. The van der Waals surface area contributed by atoms with Gasteiger partial charge in [-0.1, -0.05) is 0 Å². The normalized spacial score (nSPS) is 11.4. The second kappa shape index (κ2) is 7.00. The van der Waals surface area contributed by atoms with Gasteiger partial charge in [0.05, 0.1) is 40.0 Å². The van der Waals surface area contributed by atoms with Gasteiger partial charge in [-0.05, 0) is 30.3 Å². The predicted octanol–water partition coefficient (Wildman–Crippen LogP) is 3.88. The standard InChI is InChI=1S/C19H10F4N6O/c20-11-2-4-16(25-8-11)27-17-6-15-13(9-26-17)18(30)28-29(15)12-3-1-10(7-24)14(5-12)19(21,22)23/h1-6,8-9H,(H,28,30)(H,25,26,27). The van der Waals surface area contributed by atoms with Gasteiger partial charge < -0.3 is 5.32 Å². The van der Waals surface area contributed by atoms with Crippen LogP contribution >= 0.6 is 0 Å². The molecular formula is C19H10F4N6O. The number of aromatic nitrogens is 4. The molecule has 0 fully saturated rings. The lowest BCUT2D eigenvalue weighted by Crippen LogP contribution is -2.10. The fourth-order valence-electron chi connectivity index (χ4n) is 2.88. The predicted molar refractivity (Wildman–Crippen MR) is 98.9 cm³/mol. The summed E-state index contributed by atoms with van der Waals surface area (Å²) >= 11 is 0. The van der Waals surface area contributed by atoms with E-state index in [0.717, 1.165) is 18.3 Å². The number of hydrogen-bond acceptors (Lipinski definition) is 5. The van der Waals surface area contributed by atoms with Crippen LogP contribution in [0.1, 0.15) is 11.1 Å². The van der Waals surface area contributed by atoms with Gasteiger partial charge in [0, 0.05) is 12.3 Å². The number of aromatic amines is 1. The summed E-state index contributed by atoms with van der Waals surface area (Å²) in [7, 11) is 0. The summed E-state index contributed by atoms with van der Waals surface area (Å²) in [4.78, 5) is 20.1. The quantitative estimate of drug-likeness (QED) is 0.496. The molecule has 0 atom stereocenters. The lowest BCUT2D eigenvalue weighted by molar-refractivity contribution is -0.137. The second-order valence-corrected chi connectivity index (χ2v) is 6.19. The smallest absolute Gasteiger partial charge is 0.325 e. The van der Waals surface area contributed by atoms with E-state index in [1.807, 2.05) is 0 Å². The Labute approximate surface area is 165 Å². The van der Waals surface area contributed by atoms with Gasteiger partial charge in [-0.15, -0.1) is 0 Å². The van der Waals surface area contributed by atoms with Crippen LogP contribution in [0.5, 0.6) is 0 Å². The lowest BCUT2D eigenvalue weighted by atomic mass is 10.1. The number of halogens is 4. The number of pyridine rings is 2. The molecule has 2 N–H and O–H groups in total. The molecule has 0 unspecified atom stereocenters. The SMILES string of the molecule is N#Cc1ccc(-n2[nH]c(=O)c3cnc(Nc4ccc(F)cn4)cc32)cc1C(F)(F)F. The fraction of sp³-hybridized carbons (Fsp3) is 0.0526. The number of rotatable bonds is 3. The third kappa shape index (κ3) is 3.46. The van der Waals surface area contributed by atoms with E-state index in [1.165, 1.54) is 41.2 Å². The van der Waals surface area contributed by atoms with Crippen LogP contribution in [0.3, 0.4) is 0 Å². The van der Waals surface area contributed by atoms with E-state index in [4.69, 9.17) is 5.26 Å².